The van der Waals surface area contributed by atoms with E-state index >= 15 is 0 Å². The Hall–Kier alpha value is -2.90. The molecule has 1 aliphatic heterocycles. The van der Waals surface area contributed by atoms with Crippen LogP contribution in [-0.2, 0) is 14.8 Å². The highest BCUT2D eigenvalue weighted by molar-refractivity contribution is 7.92. The van der Waals surface area contributed by atoms with Gasteiger partial charge in [0.1, 0.15) is 0 Å². The molecule has 28 heavy (non-hydrogen) atoms. The third-order valence-electron chi connectivity index (χ3n) is 4.66. The van der Waals surface area contributed by atoms with Gasteiger partial charge in [0, 0.05) is 36.9 Å². The van der Waals surface area contributed by atoms with E-state index in [4.69, 9.17) is 4.74 Å². The number of hydrogen-bond donors (Lipinski definition) is 1. The molecule has 3 aromatic rings. The quantitative estimate of drug-likeness (QED) is 0.717. The Bertz CT molecular complexity index is 1010. The molecular weight excluding hydrogens is 374 g/mol. The first-order chi connectivity index (χ1) is 13.6. The van der Waals surface area contributed by atoms with E-state index < -0.39 is 10.0 Å². The number of anilines is 2. The Morgan fingerprint density at radius 3 is 2.25 bits per heavy atom. The summed E-state index contributed by atoms with van der Waals surface area (Å²) in [7, 11) is -3.65. The smallest absolute Gasteiger partial charge is 0.261 e. The molecule has 0 bridgehead atoms. The highest BCUT2D eigenvalue weighted by Gasteiger charge is 2.15. The van der Waals surface area contributed by atoms with Crippen molar-refractivity contribution < 1.29 is 13.2 Å². The Morgan fingerprint density at radius 1 is 0.893 bits per heavy atom. The maximum atomic E-state index is 12.7. The van der Waals surface area contributed by atoms with Crippen LogP contribution in [0.1, 0.15) is 0 Å². The van der Waals surface area contributed by atoms with Crippen LogP contribution >= 0.6 is 0 Å². The van der Waals surface area contributed by atoms with Crippen molar-refractivity contribution in [3.63, 3.8) is 0 Å². The highest BCUT2D eigenvalue weighted by atomic mass is 32.2. The Balaban J connectivity index is 1.48. The van der Waals surface area contributed by atoms with Gasteiger partial charge in [-0.25, -0.2) is 8.42 Å². The number of morpholine rings is 1. The first kappa shape index (κ1) is 18.5. The van der Waals surface area contributed by atoms with Crippen molar-refractivity contribution in [3.8, 4) is 11.1 Å². The molecule has 2 heterocycles. The number of sulfonamides is 1. The molecule has 0 atom stereocenters. The van der Waals surface area contributed by atoms with E-state index in [1.807, 2.05) is 24.3 Å². The number of nitrogens with one attached hydrogen (secondary N) is 1. The van der Waals surface area contributed by atoms with E-state index in [0.717, 1.165) is 29.9 Å². The number of rotatable bonds is 5. The van der Waals surface area contributed by atoms with Crippen molar-refractivity contribution in [2.24, 2.45) is 0 Å². The molecule has 0 spiro atoms. The summed E-state index contributed by atoms with van der Waals surface area (Å²) in [5.74, 6) is 0. The van der Waals surface area contributed by atoms with Crippen LogP contribution in [0.5, 0.6) is 0 Å². The summed E-state index contributed by atoms with van der Waals surface area (Å²) in [5.41, 5.74) is 3.46. The molecule has 0 aliphatic carbocycles. The first-order valence-corrected chi connectivity index (χ1v) is 10.6. The SMILES string of the molecule is O=S(=O)(Nc1ccc(N2CCOCC2)cc1)c1ccc(-c2cccnc2)cc1. The summed E-state index contributed by atoms with van der Waals surface area (Å²) in [5, 5.41) is 0. The average molecular weight is 395 g/mol. The molecule has 0 radical (unpaired) electrons. The zero-order valence-electron chi connectivity index (χ0n) is 15.3. The monoisotopic (exact) mass is 395 g/mol. The van der Waals surface area contributed by atoms with Gasteiger partial charge >= 0.3 is 0 Å². The number of nitrogens with zero attached hydrogens (tertiary/aromatic N) is 2. The fourth-order valence-corrected chi connectivity index (χ4v) is 4.19. The number of hydrogen-bond acceptors (Lipinski definition) is 5. The van der Waals surface area contributed by atoms with Crippen LogP contribution in [0.2, 0.25) is 0 Å². The van der Waals surface area contributed by atoms with Gasteiger partial charge in [0.05, 0.1) is 18.1 Å². The predicted molar refractivity (Wildman–Crippen MR) is 110 cm³/mol. The molecule has 7 heteroatoms. The molecular formula is C21H21N3O3S. The Kier molecular flexibility index (Phi) is 5.27. The first-order valence-electron chi connectivity index (χ1n) is 9.08. The molecule has 4 rings (SSSR count). The van der Waals surface area contributed by atoms with E-state index in [1.165, 1.54) is 0 Å². The minimum atomic E-state index is -3.65. The molecule has 2 aromatic carbocycles. The maximum Gasteiger partial charge on any atom is 0.261 e. The van der Waals surface area contributed by atoms with Crippen LogP contribution in [0.25, 0.3) is 11.1 Å². The fourth-order valence-electron chi connectivity index (χ4n) is 3.14. The van der Waals surface area contributed by atoms with Gasteiger partial charge in [-0.15, -0.1) is 0 Å². The summed E-state index contributed by atoms with van der Waals surface area (Å²) in [6.45, 7) is 3.11. The second kappa shape index (κ2) is 8.00. The molecule has 1 saturated heterocycles. The Labute approximate surface area is 164 Å². The summed E-state index contributed by atoms with van der Waals surface area (Å²) in [4.78, 5) is 6.53. The Morgan fingerprint density at radius 2 is 1.61 bits per heavy atom. The van der Waals surface area contributed by atoms with Crippen LogP contribution in [0.4, 0.5) is 11.4 Å². The topological polar surface area (TPSA) is 71.5 Å². The van der Waals surface area contributed by atoms with Crippen LogP contribution < -0.4 is 9.62 Å². The molecule has 1 N–H and O–H groups in total. The lowest BCUT2D eigenvalue weighted by Gasteiger charge is -2.28. The minimum Gasteiger partial charge on any atom is -0.378 e. The van der Waals surface area contributed by atoms with Crippen molar-refractivity contribution in [2.45, 2.75) is 4.90 Å². The summed E-state index contributed by atoms with van der Waals surface area (Å²) >= 11 is 0. The van der Waals surface area contributed by atoms with E-state index in [0.29, 0.717) is 18.9 Å². The van der Waals surface area contributed by atoms with Crippen molar-refractivity contribution >= 4 is 21.4 Å². The van der Waals surface area contributed by atoms with Gasteiger partial charge in [-0.1, -0.05) is 18.2 Å². The second-order valence-corrected chi connectivity index (χ2v) is 8.20. The molecule has 144 valence electrons. The zero-order chi connectivity index (χ0) is 19.4. The van der Waals surface area contributed by atoms with Gasteiger partial charge in [0.15, 0.2) is 0 Å². The minimum absolute atomic E-state index is 0.220. The normalized spacial score (nSPS) is 14.6. The van der Waals surface area contributed by atoms with Crippen molar-refractivity contribution in [2.75, 3.05) is 35.9 Å². The van der Waals surface area contributed by atoms with Gasteiger partial charge < -0.3 is 9.64 Å². The van der Waals surface area contributed by atoms with Gasteiger partial charge in [-0.3, -0.25) is 9.71 Å². The van der Waals surface area contributed by atoms with Crippen LogP contribution in [0.15, 0.2) is 78.0 Å². The van der Waals surface area contributed by atoms with Crippen LogP contribution in [0, 0.1) is 0 Å². The van der Waals surface area contributed by atoms with E-state index in [2.05, 4.69) is 14.6 Å². The third kappa shape index (κ3) is 4.16. The second-order valence-electron chi connectivity index (χ2n) is 6.52. The predicted octanol–water partition coefficient (Wildman–Crippen LogP) is 3.39. The lowest BCUT2D eigenvalue weighted by atomic mass is 10.1. The zero-order valence-corrected chi connectivity index (χ0v) is 16.1. The number of benzene rings is 2. The van der Waals surface area contributed by atoms with E-state index in [9.17, 15) is 8.42 Å². The van der Waals surface area contributed by atoms with Crippen molar-refractivity contribution in [1.29, 1.82) is 0 Å². The molecule has 1 fully saturated rings. The van der Waals surface area contributed by atoms with Gasteiger partial charge in [0.2, 0.25) is 0 Å². The van der Waals surface area contributed by atoms with Gasteiger partial charge in [-0.2, -0.15) is 0 Å². The van der Waals surface area contributed by atoms with Gasteiger partial charge in [-0.05, 0) is 53.6 Å². The van der Waals surface area contributed by atoms with Gasteiger partial charge in [0.25, 0.3) is 10.0 Å². The number of aromatic nitrogens is 1. The third-order valence-corrected chi connectivity index (χ3v) is 6.05. The maximum absolute atomic E-state index is 12.7. The van der Waals surface area contributed by atoms with Crippen molar-refractivity contribution in [1.82, 2.24) is 4.98 Å². The van der Waals surface area contributed by atoms with Crippen LogP contribution in [0.3, 0.4) is 0 Å². The highest BCUT2D eigenvalue weighted by Crippen LogP contribution is 2.23. The largest absolute Gasteiger partial charge is 0.378 e. The lowest BCUT2D eigenvalue weighted by Crippen LogP contribution is -2.36. The lowest BCUT2D eigenvalue weighted by molar-refractivity contribution is 0.122. The molecule has 1 aliphatic rings. The summed E-state index contributed by atoms with van der Waals surface area (Å²) in [6.07, 6.45) is 3.45. The van der Waals surface area contributed by atoms with Crippen molar-refractivity contribution in [3.05, 3.63) is 73.1 Å². The molecule has 0 amide bonds. The molecule has 1 aromatic heterocycles. The van der Waals surface area contributed by atoms with E-state index in [-0.39, 0.29) is 4.90 Å². The molecule has 0 saturated carbocycles. The summed E-state index contributed by atoms with van der Waals surface area (Å²) in [6, 6.07) is 18.0. The average Bonchev–Trinajstić information content (AvgIpc) is 2.75. The fraction of sp³-hybridized carbons (Fsp3) is 0.190. The summed E-state index contributed by atoms with van der Waals surface area (Å²) < 4.78 is 33.4. The molecule has 0 unspecified atom stereocenters. The standard InChI is InChI=1S/C21H21N3O3S/c25-28(26,21-9-3-17(4-10-21)18-2-1-11-22-16-18)23-19-5-7-20(8-6-19)24-12-14-27-15-13-24/h1-11,16,23H,12-15H2. The number of ether oxygens (including phenoxy) is 1. The van der Waals surface area contributed by atoms with Crippen LogP contribution in [-0.4, -0.2) is 39.7 Å². The number of pyridine rings is 1. The van der Waals surface area contributed by atoms with E-state index in [1.54, 1.807) is 48.8 Å². The molecule has 6 nitrogen and oxygen atoms in total.